The molecule has 3 amide bonds. The molecule has 0 spiro atoms. The molecule has 4 rings (SSSR count). The number of esters is 1. The molecular formula is C24H18BrClN2O6. The Balaban J connectivity index is 1.48. The van der Waals surface area contributed by atoms with Gasteiger partial charge in [0.1, 0.15) is 18.1 Å². The largest absolute Gasteiger partial charge is 0.486 e. The van der Waals surface area contributed by atoms with E-state index in [-0.39, 0.29) is 23.8 Å². The number of rotatable bonds is 7. The third-order valence-corrected chi connectivity index (χ3v) is 5.75. The molecule has 1 aromatic heterocycles. The lowest BCUT2D eigenvalue weighted by molar-refractivity contribution is -0.123. The zero-order chi connectivity index (χ0) is 24.2. The Hall–Kier alpha value is -3.56. The van der Waals surface area contributed by atoms with Gasteiger partial charge in [0.2, 0.25) is 5.76 Å². The minimum Gasteiger partial charge on any atom is -0.486 e. The van der Waals surface area contributed by atoms with Crippen molar-refractivity contribution in [3.8, 4) is 5.75 Å². The molecular weight excluding hydrogens is 528 g/mol. The van der Waals surface area contributed by atoms with Gasteiger partial charge >= 0.3 is 12.0 Å². The highest BCUT2D eigenvalue weighted by molar-refractivity contribution is 9.10. The van der Waals surface area contributed by atoms with Crippen molar-refractivity contribution in [3.05, 3.63) is 92.4 Å². The number of hydrogen-bond donors (Lipinski definition) is 1. The fourth-order valence-electron chi connectivity index (χ4n) is 3.24. The van der Waals surface area contributed by atoms with Gasteiger partial charge in [-0.25, -0.2) is 9.59 Å². The average Bonchev–Trinajstić information content (AvgIpc) is 3.39. The summed E-state index contributed by atoms with van der Waals surface area (Å²) in [6, 6.07) is 15.3. The molecule has 0 bridgehead atoms. The lowest BCUT2D eigenvalue weighted by Crippen LogP contribution is -2.30. The Kier molecular flexibility index (Phi) is 7.04. The molecule has 3 aromatic rings. The number of nitrogens with zero attached hydrogens (tertiary/aromatic N) is 1. The van der Waals surface area contributed by atoms with Gasteiger partial charge in [-0.15, -0.1) is 0 Å². The quantitative estimate of drug-likeness (QED) is 0.250. The summed E-state index contributed by atoms with van der Waals surface area (Å²) in [5, 5.41) is 2.88. The number of carbonyl (C=O) groups is 3. The summed E-state index contributed by atoms with van der Waals surface area (Å²) in [4.78, 5) is 37.7. The zero-order valence-corrected chi connectivity index (χ0v) is 20.2. The molecule has 2 aromatic carbocycles. The summed E-state index contributed by atoms with van der Waals surface area (Å²) in [6.07, 6.45) is 1.51. The molecule has 0 atom stereocenters. The number of ether oxygens (including phenoxy) is 2. The fraction of sp³-hybridized carbons (Fsp3) is 0.125. The second-order valence-electron chi connectivity index (χ2n) is 7.22. The predicted octanol–water partition coefficient (Wildman–Crippen LogP) is 5.15. The van der Waals surface area contributed by atoms with Gasteiger partial charge in [-0.2, -0.15) is 0 Å². The lowest BCUT2D eigenvalue weighted by atomic mass is 10.1. The number of carbonyl (C=O) groups excluding carboxylic acids is 3. The van der Waals surface area contributed by atoms with E-state index in [2.05, 4.69) is 26.0 Å². The molecule has 8 nitrogen and oxygen atoms in total. The number of urea groups is 1. The topological polar surface area (TPSA) is 98.1 Å². The van der Waals surface area contributed by atoms with E-state index >= 15 is 0 Å². The van der Waals surface area contributed by atoms with Gasteiger partial charge in [-0.3, -0.25) is 9.69 Å². The van der Waals surface area contributed by atoms with Gasteiger partial charge < -0.3 is 19.2 Å². The van der Waals surface area contributed by atoms with Crippen LogP contribution in [0.4, 0.5) is 4.79 Å². The van der Waals surface area contributed by atoms with Crippen LogP contribution in [-0.2, 0) is 22.7 Å². The second-order valence-corrected chi connectivity index (χ2v) is 8.49. The van der Waals surface area contributed by atoms with Crippen LogP contribution in [0.15, 0.2) is 69.2 Å². The third kappa shape index (κ3) is 5.16. The van der Waals surface area contributed by atoms with Crippen LogP contribution in [0.2, 0.25) is 5.02 Å². The molecule has 10 heteroatoms. The van der Waals surface area contributed by atoms with Crippen LogP contribution < -0.4 is 10.1 Å². The van der Waals surface area contributed by atoms with Crippen molar-refractivity contribution in [1.29, 1.82) is 0 Å². The van der Waals surface area contributed by atoms with E-state index < -0.39 is 17.9 Å². The van der Waals surface area contributed by atoms with Gasteiger partial charge in [-0.05, 0) is 57.4 Å². The van der Waals surface area contributed by atoms with E-state index in [0.29, 0.717) is 27.4 Å². The molecule has 1 N–H and O–H groups in total. The van der Waals surface area contributed by atoms with Crippen molar-refractivity contribution in [2.75, 3.05) is 7.11 Å². The molecule has 0 radical (unpaired) electrons. The van der Waals surface area contributed by atoms with Crippen LogP contribution in [0.5, 0.6) is 5.75 Å². The Morgan fingerprint density at radius 1 is 1.18 bits per heavy atom. The molecule has 1 saturated heterocycles. The van der Waals surface area contributed by atoms with E-state index in [1.165, 1.54) is 25.3 Å². The predicted molar refractivity (Wildman–Crippen MR) is 127 cm³/mol. The molecule has 0 aliphatic carbocycles. The molecule has 2 heterocycles. The maximum atomic E-state index is 12.8. The first-order valence-corrected chi connectivity index (χ1v) is 11.2. The summed E-state index contributed by atoms with van der Waals surface area (Å²) in [6.45, 7) is 0.198. The molecule has 1 aliphatic heterocycles. The maximum absolute atomic E-state index is 12.8. The van der Waals surface area contributed by atoms with Crippen LogP contribution in [-0.4, -0.2) is 29.9 Å². The van der Waals surface area contributed by atoms with Crippen molar-refractivity contribution in [2.45, 2.75) is 13.2 Å². The first-order valence-electron chi connectivity index (χ1n) is 10.0. The third-order valence-electron chi connectivity index (χ3n) is 4.88. The monoisotopic (exact) mass is 544 g/mol. The second kappa shape index (κ2) is 10.1. The molecule has 174 valence electrons. The normalized spacial score (nSPS) is 14.4. The van der Waals surface area contributed by atoms with Crippen molar-refractivity contribution >= 4 is 51.5 Å². The minimum absolute atomic E-state index is 0.0191. The summed E-state index contributed by atoms with van der Waals surface area (Å²) in [5.74, 6) is -0.485. The van der Waals surface area contributed by atoms with Crippen molar-refractivity contribution in [2.24, 2.45) is 0 Å². The summed E-state index contributed by atoms with van der Waals surface area (Å²) >= 11 is 9.86. The van der Waals surface area contributed by atoms with E-state index in [0.717, 1.165) is 10.5 Å². The van der Waals surface area contributed by atoms with Gasteiger partial charge in [0, 0.05) is 0 Å². The van der Waals surface area contributed by atoms with Crippen LogP contribution in [0.1, 0.15) is 27.4 Å². The number of furan rings is 1. The van der Waals surface area contributed by atoms with E-state index in [1.807, 2.05) is 30.3 Å². The van der Waals surface area contributed by atoms with E-state index in [9.17, 15) is 14.4 Å². The van der Waals surface area contributed by atoms with Crippen LogP contribution in [0.3, 0.4) is 0 Å². The number of benzene rings is 2. The van der Waals surface area contributed by atoms with Gasteiger partial charge in [0.15, 0.2) is 5.75 Å². The SMILES string of the molecule is COC(=O)c1ccc(CN2C(=O)N/C(=C\c3cc(Cl)c(OCc4ccccc4)c(Br)c3)C2=O)o1. The number of nitrogens with one attached hydrogen (secondary N) is 1. The summed E-state index contributed by atoms with van der Waals surface area (Å²) < 4.78 is 16.4. The number of imide groups is 1. The standard InChI is InChI=1S/C24H18BrClN2O6/c1-32-23(30)20-8-7-16(34-20)12-28-22(29)19(27-24(28)31)11-15-9-17(25)21(18(26)10-15)33-13-14-5-3-2-4-6-14/h2-11H,12-13H2,1H3,(H,27,31)/b19-11-. The van der Waals surface area contributed by atoms with Crippen LogP contribution in [0, 0.1) is 0 Å². The molecule has 1 fully saturated rings. The van der Waals surface area contributed by atoms with Crippen molar-refractivity contribution in [1.82, 2.24) is 10.2 Å². The highest BCUT2D eigenvalue weighted by Gasteiger charge is 2.34. The van der Waals surface area contributed by atoms with Gasteiger partial charge in [-0.1, -0.05) is 41.9 Å². The Morgan fingerprint density at radius 2 is 1.94 bits per heavy atom. The van der Waals surface area contributed by atoms with Gasteiger partial charge in [0.25, 0.3) is 5.91 Å². The number of methoxy groups -OCH3 is 1. The van der Waals surface area contributed by atoms with Crippen LogP contribution in [0.25, 0.3) is 6.08 Å². The zero-order valence-electron chi connectivity index (χ0n) is 17.8. The maximum Gasteiger partial charge on any atom is 0.373 e. The minimum atomic E-state index is -0.650. The molecule has 1 aliphatic rings. The number of halogens is 2. The average molecular weight is 546 g/mol. The van der Waals surface area contributed by atoms with Crippen LogP contribution >= 0.6 is 27.5 Å². The van der Waals surface area contributed by atoms with E-state index in [4.69, 9.17) is 20.8 Å². The Morgan fingerprint density at radius 3 is 2.65 bits per heavy atom. The molecule has 0 saturated carbocycles. The number of hydrogen-bond acceptors (Lipinski definition) is 6. The van der Waals surface area contributed by atoms with Crippen molar-refractivity contribution in [3.63, 3.8) is 0 Å². The first-order chi connectivity index (χ1) is 16.4. The Bertz CT molecular complexity index is 1260. The van der Waals surface area contributed by atoms with E-state index in [1.54, 1.807) is 12.1 Å². The highest BCUT2D eigenvalue weighted by atomic mass is 79.9. The molecule has 34 heavy (non-hydrogen) atoms. The summed E-state index contributed by atoms with van der Waals surface area (Å²) in [7, 11) is 1.23. The van der Waals surface area contributed by atoms with Gasteiger partial charge in [0.05, 0.1) is 23.1 Å². The summed E-state index contributed by atoms with van der Waals surface area (Å²) in [5.41, 5.74) is 1.65. The lowest BCUT2D eigenvalue weighted by Gasteiger charge is -2.11. The highest BCUT2D eigenvalue weighted by Crippen LogP contribution is 2.36. The first kappa shape index (κ1) is 23.6. The number of amides is 3. The smallest absolute Gasteiger partial charge is 0.373 e. The Labute approximate surface area is 208 Å². The molecule has 0 unspecified atom stereocenters. The van der Waals surface area contributed by atoms with Crippen molar-refractivity contribution < 1.29 is 28.3 Å². The fourth-order valence-corrected chi connectivity index (χ4v) is 4.23.